The minimum atomic E-state index is -0.242. The van der Waals surface area contributed by atoms with Gasteiger partial charge in [-0.1, -0.05) is 72.3 Å². The van der Waals surface area contributed by atoms with Crippen LogP contribution >= 0.6 is 11.6 Å². The van der Waals surface area contributed by atoms with Crippen LogP contribution in [-0.4, -0.2) is 10.9 Å². The van der Waals surface area contributed by atoms with Gasteiger partial charge in [-0.2, -0.15) is 0 Å². The Morgan fingerprint density at radius 1 is 0.913 bits per heavy atom. The molecule has 0 spiro atoms. The van der Waals surface area contributed by atoms with Crippen molar-refractivity contribution < 1.29 is 4.79 Å². The predicted octanol–water partition coefficient (Wildman–Crippen LogP) is 4.25. The molecule has 0 aliphatic rings. The van der Waals surface area contributed by atoms with Crippen LogP contribution in [0.15, 0.2) is 79.1 Å². The lowest BCUT2D eigenvalue weighted by molar-refractivity contribution is 0.0943. The molecule has 3 aromatic rings. The highest BCUT2D eigenvalue weighted by Gasteiger charge is 2.18. The molecule has 0 bridgehead atoms. The van der Waals surface area contributed by atoms with Crippen molar-refractivity contribution in [3.63, 3.8) is 0 Å². The Bertz CT molecular complexity index is 751. The third-order valence-electron chi connectivity index (χ3n) is 3.56. The summed E-state index contributed by atoms with van der Waals surface area (Å²) in [6.07, 6.45) is 3.03. The number of halogens is 1. The molecule has 1 aromatic heterocycles. The second-order valence-electron chi connectivity index (χ2n) is 5.08. The first-order chi connectivity index (χ1) is 11.3. The second kappa shape index (κ2) is 7.07. The van der Waals surface area contributed by atoms with E-state index in [2.05, 4.69) is 10.3 Å². The van der Waals surface area contributed by atoms with Crippen LogP contribution in [0.5, 0.6) is 0 Å². The minimum Gasteiger partial charge on any atom is -0.341 e. The zero-order valence-corrected chi connectivity index (χ0v) is 13.1. The molecule has 1 N–H and O–H groups in total. The van der Waals surface area contributed by atoms with Gasteiger partial charge in [-0.3, -0.25) is 9.78 Å². The molecule has 0 aliphatic heterocycles. The van der Waals surface area contributed by atoms with Crippen molar-refractivity contribution in [1.82, 2.24) is 10.3 Å². The van der Waals surface area contributed by atoms with E-state index in [9.17, 15) is 4.79 Å². The molecule has 0 atom stereocenters. The zero-order valence-electron chi connectivity index (χ0n) is 12.3. The van der Waals surface area contributed by atoms with Gasteiger partial charge in [0.2, 0.25) is 0 Å². The topological polar surface area (TPSA) is 42.0 Å². The monoisotopic (exact) mass is 322 g/mol. The number of carbonyl (C=O) groups is 1. The summed E-state index contributed by atoms with van der Waals surface area (Å²) in [5, 5.41) is 3.39. The first-order valence-electron chi connectivity index (χ1n) is 7.26. The number of rotatable bonds is 4. The van der Waals surface area contributed by atoms with Crippen LogP contribution in [-0.2, 0) is 0 Å². The van der Waals surface area contributed by atoms with Gasteiger partial charge in [0, 0.05) is 12.4 Å². The molecule has 0 saturated carbocycles. The summed E-state index contributed by atoms with van der Waals surface area (Å²) < 4.78 is 0. The van der Waals surface area contributed by atoms with Gasteiger partial charge >= 0.3 is 0 Å². The van der Waals surface area contributed by atoms with Gasteiger partial charge in [0.15, 0.2) is 0 Å². The lowest BCUT2D eigenvalue weighted by atomic mass is 9.98. The van der Waals surface area contributed by atoms with Gasteiger partial charge < -0.3 is 5.32 Å². The standard InChI is InChI=1S/C19H15ClN2O/c20-17-13-21-12-11-16(17)19(23)22-18(14-7-3-1-4-8-14)15-9-5-2-6-10-15/h1-13,18H,(H,22,23). The number of amides is 1. The second-order valence-corrected chi connectivity index (χ2v) is 5.49. The Labute approximate surface area is 140 Å². The van der Waals surface area contributed by atoms with Crippen molar-refractivity contribution in [1.29, 1.82) is 0 Å². The summed E-state index contributed by atoms with van der Waals surface area (Å²) in [6.45, 7) is 0. The van der Waals surface area contributed by atoms with Crippen LogP contribution in [0.2, 0.25) is 5.02 Å². The van der Waals surface area contributed by atoms with Crippen molar-refractivity contribution in [3.05, 3.63) is 101 Å². The molecular weight excluding hydrogens is 308 g/mol. The third kappa shape index (κ3) is 3.58. The van der Waals surface area contributed by atoms with Gasteiger partial charge in [-0.15, -0.1) is 0 Å². The van der Waals surface area contributed by atoms with Gasteiger partial charge in [0.25, 0.3) is 5.91 Å². The molecule has 0 aliphatic carbocycles. The van der Waals surface area contributed by atoms with Crippen LogP contribution in [0.25, 0.3) is 0 Å². The van der Waals surface area contributed by atoms with Crippen molar-refractivity contribution >= 4 is 17.5 Å². The maximum Gasteiger partial charge on any atom is 0.253 e. The van der Waals surface area contributed by atoms with Gasteiger partial charge in [0.1, 0.15) is 0 Å². The molecule has 0 saturated heterocycles. The first-order valence-corrected chi connectivity index (χ1v) is 7.64. The molecule has 4 heteroatoms. The molecule has 1 amide bonds. The molecule has 3 nitrogen and oxygen atoms in total. The van der Waals surface area contributed by atoms with Crippen LogP contribution in [0.4, 0.5) is 0 Å². The lowest BCUT2D eigenvalue weighted by Crippen LogP contribution is -2.29. The summed E-state index contributed by atoms with van der Waals surface area (Å²) in [7, 11) is 0. The number of benzene rings is 2. The van der Waals surface area contributed by atoms with Crippen LogP contribution in [0.3, 0.4) is 0 Å². The highest BCUT2D eigenvalue weighted by molar-refractivity contribution is 6.33. The van der Waals surface area contributed by atoms with Crippen LogP contribution < -0.4 is 5.32 Å². The summed E-state index contributed by atoms with van der Waals surface area (Å²) in [4.78, 5) is 16.5. The lowest BCUT2D eigenvalue weighted by Gasteiger charge is -2.20. The van der Waals surface area contributed by atoms with E-state index >= 15 is 0 Å². The normalized spacial score (nSPS) is 10.5. The highest BCUT2D eigenvalue weighted by Crippen LogP contribution is 2.23. The molecular formula is C19H15ClN2O. The van der Waals surface area contributed by atoms with Gasteiger partial charge in [0.05, 0.1) is 16.6 Å². The number of hydrogen-bond acceptors (Lipinski definition) is 2. The molecule has 2 aromatic carbocycles. The van der Waals surface area contributed by atoms with E-state index in [1.807, 2.05) is 60.7 Å². The zero-order chi connectivity index (χ0) is 16.1. The first kappa shape index (κ1) is 15.3. The quantitative estimate of drug-likeness (QED) is 0.780. The largest absolute Gasteiger partial charge is 0.341 e. The summed E-state index contributed by atoms with van der Waals surface area (Å²) in [5.74, 6) is -0.227. The Kier molecular flexibility index (Phi) is 4.69. The molecule has 3 rings (SSSR count). The molecule has 23 heavy (non-hydrogen) atoms. The molecule has 0 unspecified atom stereocenters. The van der Waals surface area contributed by atoms with Gasteiger partial charge in [-0.25, -0.2) is 0 Å². The summed E-state index contributed by atoms with van der Waals surface area (Å²) in [6, 6.07) is 21.1. The minimum absolute atomic E-state index is 0.227. The number of pyridine rings is 1. The van der Waals surface area contributed by atoms with E-state index in [1.54, 1.807) is 12.3 Å². The molecule has 0 radical (unpaired) electrons. The average molecular weight is 323 g/mol. The van der Waals surface area contributed by atoms with Crippen LogP contribution in [0.1, 0.15) is 27.5 Å². The fraction of sp³-hybridized carbons (Fsp3) is 0.0526. The van der Waals surface area contributed by atoms with E-state index in [0.29, 0.717) is 10.6 Å². The number of hydrogen-bond donors (Lipinski definition) is 1. The van der Waals surface area contributed by atoms with Gasteiger partial charge in [-0.05, 0) is 17.2 Å². The average Bonchev–Trinajstić information content (AvgIpc) is 2.61. The number of nitrogens with zero attached hydrogens (tertiary/aromatic N) is 1. The summed E-state index contributed by atoms with van der Waals surface area (Å²) in [5.41, 5.74) is 2.44. The molecule has 114 valence electrons. The fourth-order valence-corrected chi connectivity index (χ4v) is 2.62. The Hall–Kier alpha value is -2.65. The third-order valence-corrected chi connectivity index (χ3v) is 3.86. The predicted molar refractivity (Wildman–Crippen MR) is 91.4 cm³/mol. The Morgan fingerprint density at radius 2 is 1.48 bits per heavy atom. The Balaban J connectivity index is 1.94. The van der Waals surface area contributed by atoms with E-state index in [1.165, 1.54) is 6.20 Å². The highest BCUT2D eigenvalue weighted by atomic mass is 35.5. The maximum absolute atomic E-state index is 12.6. The fourth-order valence-electron chi connectivity index (χ4n) is 2.42. The number of nitrogens with one attached hydrogen (secondary N) is 1. The smallest absolute Gasteiger partial charge is 0.253 e. The van der Waals surface area contributed by atoms with Crippen LogP contribution in [0, 0.1) is 0 Å². The SMILES string of the molecule is O=C(NC(c1ccccc1)c1ccccc1)c1ccncc1Cl. The number of aromatic nitrogens is 1. The van der Waals surface area contributed by atoms with E-state index < -0.39 is 0 Å². The number of carbonyl (C=O) groups excluding carboxylic acids is 1. The molecule has 0 fully saturated rings. The van der Waals surface area contributed by atoms with Crippen molar-refractivity contribution in [2.75, 3.05) is 0 Å². The van der Waals surface area contributed by atoms with E-state index in [-0.39, 0.29) is 11.9 Å². The van der Waals surface area contributed by atoms with E-state index in [4.69, 9.17) is 11.6 Å². The summed E-state index contributed by atoms with van der Waals surface area (Å²) >= 11 is 6.07. The maximum atomic E-state index is 12.6. The van der Waals surface area contributed by atoms with Crippen molar-refractivity contribution in [2.24, 2.45) is 0 Å². The van der Waals surface area contributed by atoms with E-state index in [0.717, 1.165) is 11.1 Å². The Morgan fingerprint density at radius 3 is 2.00 bits per heavy atom. The van der Waals surface area contributed by atoms with Crippen molar-refractivity contribution in [3.8, 4) is 0 Å². The van der Waals surface area contributed by atoms with Crippen molar-refractivity contribution in [2.45, 2.75) is 6.04 Å². The molecule has 1 heterocycles.